The van der Waals surface area contributed by atoms with Gasteiger partial charge in [0.1, 0.15) is 0 Å². The smallest absolute Gasteiger partial charge is 0.193 e. The van der Waals surface area contributed by atoms with E-state index in [9.17, 15) is 4.79 Å². The number of hydrogen-bond donors (Lipinski definition) is 2. The number of hydrazine groups is 1. The predicted octanol–water partition coefficient (Wildman–Crippen LogP) is 1.88. The second-order valence-corrected chi connectivity index (χ2v) is 5.68. The molecule has 0 radical (unpaired) electrons. The van der Waals surface area contributed by atoms with Crippen LogP contribution in [-0.4, -0.2) is 12.3 Å². The van der Waals surface area contributed by atoms with Crippen molar-refractivity contribution in [2.75, 3.05) is 6.54 Å². The molecule has 4 rings (SSSR count). The number of rotatable bonds is 0. The Kier molecular flexibility index (Phi) is 2.08. The van der Waals surface area contributed by atoms with E-state index >= 15 is 0 Å². The average Bonchev–Trinajstić information content (AvgIpc) is 2.96. The van der Waals surface area contributed by atoms with Crippen molar-refractivity contribution in [1.29, 1.82) is 0 Å². The average molecular weight is 303 g/mol. The molecule has 3 nitrogen and oxygen atoms in total. The van der Waals surface area contributed by atoms with Gasteiger partial charge < -0.3 is 5.43 Å². The van der Waals surface area contributed by atoms with Crippen LogP contribution >= 0.6 is 15.9 Å². The molecule has 1 saturated heterocycles. The lowest BCUT2D eigenvalue weighted by molar-refractivity contribution is -0.110. The van der Waals surface area contributed by atoms with E-state index in [-0.39, 0.29) is 5.78 Å². The van der Waals surface area contributed by atoms with Crippen LogP contribution in [0.25, 0.3) is 0 Å². The largest absolute Gasteiger partial charge is 0.325 e. The van der Waals surface area contributed by atoms with Crippen LogP contribution in [-0.2, 0) is 4.79 Å². The summed E-state index contributed by atoms with van der Waals surface area (Å²) in [4.78, 5) is 11.8. The third kappa shape index (κ3) is 1.25. The summed E-state index contributed by atoms with van der Waals surface area (Å²) in [5.41, 5.74) is 11.1. The van der Waals surface area contributed by atoms with Crippen LogP contribution in [0.1, 0.15) is 0 Å². The number of carbonyl (C=O) groups excluding carboxylic acids is 1. The van der Waals surface area contributed by atoms with E-state index in [1.165, 1.54) is 16.8 Å². The van der Waals surface area contributed by atoms with Crippen LogP contribution in [0.3, 0.4) is 0 Å². The molecule has 0 amide bonds. The third-order valence-corrected chi connectivity index (χ3v) is 4.76. The first-order chi connectivity index (χ1) is 8.75. The Morgan fingerprint density at radius 3 is 3.06 bits per heavy atom. The Morgan fingerprint density at radius 2 is 2.17 bits per heavy atom. The fourth-order valence-corrected chi connectivity index (χ4v) is 3.70. The Labute approximate surface area is 113 Å². The zero-order valence-electron chi connectivity index (χ0n) is 9.53. The van der Waals surface area contributed by atoms with Crippen molar-refractivity contribution in [2.45, 2.75) is 0 Å². The van der Waals surface area contributed by atoms with Gasteiger partial charge in [-0.3, -0.25) is 4.79 Å². The van der Waals surface area contributed by atoms with Crippen molar-refractivity contribution < 1.29 is 4.79 Å². The molecule has 3 aliphatic carbocycles. The Hall–Kier alpha value is -1.39. The van der Waals surface area contributed by atoms with E-state index in [2.05, 4.69) is 45.0 Å². The molecular formula is C14H11BrN2O. The van der Waals surface area contributed by atoms with Gasteiger partial charge in [-0.2, -0.15) is 0 Å². The van der Waals surface area contributed by atoms with Gasteiger partial charge in [0, 0.05) is 29.7 Å². The molecular weight excluding hydrogens is 292 g/mol. The molecule has 0 bridgehead atoms. The number of halogens is 1. The highest BCUT2D eigenvalue weighted by Gasteiger charge is 2.39. The molecule has 1 aliphatic heterocycles. The van der Waals surface area contributed by atoms with Gasteiger partial charge in [0.15, 0.2) is 5.78 Å². The topological polar surface area (TPSA) is 41.1 Å². The van der Waals surface area contributed by atoms with Crippen LogP contribution in [0.15, 0.2) is 57.3 Å². The van der Waals surface area contributed by atoms with Crippen LogP contribution in [0.4, 0.5) is 0 Å². The van der Waals surface area contributed by atoms with Crippen molar-refractivity contribution in [3.8, 4) is 0 Å². The van der Waals surface area contributed by atoms with Crippen molar-refractivity contribution in [3.05, 3.63) is 57.3 Å². The van der Waals surface area contributed by atoms with Gasteiger partial charge >= 0.3 is 0 Å². The summed E-state index contributed by atoms with van der Waals surface area (Å²) in [6.07, 6.45) is 10.1. The van der Waals surface area contributed by atoms with Gasteiger partial charge in [-0.1, -0.05) is 18.2 Å². The molecule has 2 unspecified atom stereocenters. The first-order valence-electron chi connectivity index (χ1n) is 6.01. The van der Waals surface area contributed by atoms with Gasteiger partial charge in [-0.25, -0.2) is 5.43 Å². The van der Waals surface area contributed by atoms with Crippen molar-refractivity contribution in [2.24, 2.45) is 11.8 Å². The summed E-state index contributed by atoms with van der Waals surface area (Å²) < 4.78 is 0.695. The maximum absolute atomic E-state index is 11.8. The fraction of sp³-hybridized carbons (Fsp3) is 0.214. The summed E-state index contributed by atoms with van der Waals surface area (Å²) in [6, 6.07) is 0. The predicted molar refractivity (Wildman–Crippen MR) is 72.5 cm³/mol. The molecule has 0 aromatic rings. The van der Waals surface area contributed by atoms with E-state index in [1.807, 2.05) is 6.08 Å². The van der Waals surface area contributed by atoms with Crippen LogP contribution in [0.2, 0.25) is 0 Å². The van der Waals surface area contributed by atoms with Crippen LogP contribution < -0.4 is 10.9 Å². The minimum atomic E-state index is 0.0566. The molecule has 2 N–H and O–H groups in total. The maximum Gasteiger partial charge on any atom is 0.193 e. The first-order valence-corrected chi connectivity index (χ1v) is 6.80. The molecule has 0 saturated carbocycles. The second kappa shape index (κ2) is 3.56. The number of ketones is 1. The number of carbonyl (C=O) groups is 1. The van der Waals surface area contributed by atoms with Crippen LogP contribution in [0.5, 0.6) is 0 Å². The monoisotopic (exact) mass is 302 g/mol. The van der Waals surface area contributed by atoms with Crippen molar-refractivity contribution in [1.82, 2.24) is 10.9 Å². The van der Waals surface area contributed by atoms with E-state index in [0.29, 0.717) is 16.3 Å². The molecule has 1 heterocycles. The lowest BCUT2D eigenvalue weighted by atomic mass is 9.81. The van der Waals surface area contributed by atoms with Gasteiger partial charge in [0.25, 0.3) is 0 Å². The standard InChI is InChI=1S/C14H11BrN2O/c15-14-12(18)4-1-7-5-9-8(13(7)14)2-3-11-10(9)6-16-17-11/h1-5,9-10,16-17H,6H2. The molecule has 0 spiro atoms. The lowest BCUT2D eigenvalue weighted by Gasteiger charge is -2.23. The number of nitrogens with one attached hydrogen (secondary N) is 2. The highest BCUT2D eigenvalue weighted by Crippen LogP contribution is 2.48. The van der Waals surface area contributed by atoms with E-state index in [1.54, 1.807) is 6.08 Å². The summed E-state index contributed by atoms with van der Waals surface area (Å²) in [7, 11) is 0. The second-order valence-electron chi connectivity index (χ2n) is 4.89. The van der Waals surface area contributed by atoms with Gasteiger partial charge in [0.05, 0.1) is 4.48 Å². The normalized spacial score (nSPS) is 32.3. The van der Waals surface area contributed by atoms with Crippen molar-refractivity contribution in [3.63, 3.8) is 0 Å². The maximum atomic E-state index is 11.8. The van der Waals surface area contributed by atoms with Gasteiger partial charge in [-0.05, 0) is 39.2 Å². The molecule has 2 atom stereocenters. The molecule has 90 valence electrons. The Morgan fingerprint density at radius 1 is 1.28 bits per heavy atom. The number of fused-ring (bicyclic) bond motifs is 5. The minimum absolute atomic E-state index is 0.0566. The van der Waals surface area contributed by atoms with Crippen LogP contribution in [0, 0.1) is 11.8 Å². The fourth-order valence-electron chi connectivity index (χ4n) is 3.11. The molecule has 4 heteroatoms. The summed E-state index contributed by atoms with van der Waals surface area (Å²) in [6.45, 7) is 0.931. The summed E-state index contributed by atoms with van der Waals surface area (Å²) in [5.74, 6) is 0.890. The highest BCUT2D eigenvalue weighted by atomic mass is 79.9. The van der Waals surface area contributed by atoms with E-state index < -0.39 is 0 Å². The molecule has 4 aliphatic rings. The van der Waals surface area contributed by atoms with Crippen molar-refractivity contribution >= 4 is 21.7 Å². The number of hydrogen-bond acceptors (Lipinski definition) is 3. The highest BCUT2D eigenvalue weighted by molar-refractivity contribution is 9.12. The Balaban J connectivity index is 1.89. The first kappa shape index (κ1) is 10.5. The zero-order chi connectivity index (χ0) is 12.3. The van der Waals surface area contributed by atoms with Gasteiger partial charge in [0.2, 0.25) is 0 Å². The van der Waals surface area contributed by atoms with E-state index in [0.717, 1.165) is 12.1 Å². The minimum Gasteiger partial charge on any atom is -0.325 e. The van der Waals surface area contributed by atoms with E-state index in [4.69, 9.17) is 0 Å². The SMILES string of the molecule is O=C1C=CC2=CC3C(=CC=C4NNCC43)C2=C1Br. The molecule has 0 aromatic heterocycles. The quantitative estimate of drug-likeness (QED) is 0.718. The summed E-state index contributed by atoms with van der Waals surface area (Å²) in [5, 5.41) is 0. The Bertz CT molecular complexity index is 622. The van der Waals surface area contributed by atoms with Gasteiger partial charge in [-0.15, -0.1) is 0 Å². The summed E-state index contributed by atoms with van der Waals surface area (Å²) >= 11 is 3.44. The molecule has 0 aromatic carbocycles. The molecule has 1 fully saturated rings. The zero-order valence-corrected chi connectivity index (χ0v) is 11.1. The lowest BCUT2D eigenvalue weighted by Crippen LogP contribution is -2.20. The third-order valence-electron chi connectivity index (χ3n) is 3.98. The molecule has 18 heavy (non-hydrogen) atoms. The number of allylic oxidation sites excluding steroid dienone is 9.